The zero-order valence-corrected chi connectivity index (χ0v) is 16.2. The molecule has 3 amide bonds. The summed E-state index contributed by atoms with van der Waals surface area (Å²) in [6.07, 6.45) is 2.87. The van der Waals surface area contributed by atoms with Crippen molar-refractivity contribution < 1.29 is 9.59 Å². The van der Waals surface area contributed by atoms with E-state index in [4.69, 9.17) is 0 Å². The molecule has 0 bridgehead atoms. The zero-order valence-electron chi connectivity index (χ0n) is 16.2. The van der Waals surface area contributed by atoms with E-state index in [1.807, 2.05) is 53.8 Å². The first kappa shape index (κ1) is 19.8. The van der Waals surface area contributed by atoms with Crippen LogP contribution in [0.4, 0.5) is 10.5 Å². The molecule has 0 aliphatic carbocycles. The fraction of sp³-hybridized carbons (Fsp3) is 0.500. The lowest BCUT2D eigenvalue weighted by Crippen LogP contribution is -2.33. The molecule has 0 saturated carbocycles. The maximum Gasteiger partial charge on any atom is 0.319 e. The highest BCUT2D eigenvalue weighted by molar-refractivity contribution is 5.93. The topological polar surface area (TPSA) is 66.4 Å². The van der Waals surface area contributed by atoms with Gasteiger partial charge < -0.3 is 20.1 Å². The SMILES string of the molecule is CCN(CC)C(=O)Cn1ccc2cc(NC(=O)NCCC(C)C)ccc21. The summed E-state index contributed by atoms with van der Waals surface area (Å²) in [6.45, 7) is 10.7. The Balaban J connectivity index is 2.02. The van der Waals surface area contributed by atoms with Crippen molar-refractivity contribution in [2.45, 2.75) is 40.7 Å². The van der Waals surface area contributed by atoms with E-state index in [2.05, 4.69) is 24.5 Å². The fourth-order valence-electron chi connectivity index (χ4n) is 2.89. The van der Waals surface area contributed by atoms with E-state index in [0.717, 1.165) is 23.0 Å². The standard InChI is InChI=1S/C20H30N4O2/c1-5-23(6-2)19(25)14-24-12-10-16-13-17(7-8-18(16)24)22-20(26)21-11-9-15(3)4/h7-8,10,12-13,15H,5-6,9,11,14H2,1-4H3,(H2,21,22,26). The summed E-state index contributed by atoms with van der Waals surface area (Å²) in [7, 11) is 0. The van der Waals surface area contributed by atoms with Gasteiger partial charge in [0.2, 0.25) is 5.91 Å². The number of carbonyl (C=O) groups is 2. The molecule has 2 aromatic rings. The molecule has 2 rings (SSSR count). The van der Waals surface area contributed by atoms with E-state index in [0.29, 0.717) is 32.1 Å². The minimum atomic E-state index is -0.193. The van der Waals surface area contributed by atoms with Crippen molar-refractivity contribution in [3.8, 4) is 0 Å². The van der Waals surface area contributed by atoms with Gasteiger partial charge in [0.25, 0.3) is 0 Å². The van der Waals surface area contributed by atoms with Crippen molar-refractivity contribution >= 4 is 28.5 Å². The molecule has 0 fully saturated rings. The van der Waals surface area contributed by atoms with Crippen LogP contribution in [-0.4, -0.2) is 41.0 Å². The molecule has 6 heteroatoms. The molecule has 6 nitrogen and oxygen atoms in total. The van der Waals surface area contributed by atoms with Crippen LogP contribution >= 0.6 is 0 Å². The van der Waals surface area contributed by atoms with Crippen LogP contribution in [0.1, 0.15) is 34.1 Å². The molecule has 0 radical (unpaired) electrons. The Kier molecular flexibility index (Phi) is 7.06. The van der Waals surface area contributed by atoms with Crippen molar-refractivity contribution in [1.82, 2.24) is 14.8 Å². The molecule has 0 spiro atoms. The molecular formula is C20H30N4O2. The molecule has 0 saturated heterocycles. The van der Waals surface area contributed by atoms with Crippen LogP contribution in [0.25, 0.3) is 10.9 Å². The van der Waals surface area contributed by atoms with Gasteiger partial charge in [-0.15, -0.1) is 0 Å². The third kappa shape index (κ3) is 5.25. The number of nitrogens with zero attached hydrogens (tertiary/aromatic N) is 2. The van der Waals surface area contributed by atoms with Crippen molar-refractivity contribution in [3.63, 3.8) is 0 Å². The molecule has 1 aromatic carbocycles. The summed E-state index contributed by atoms with van der Waals surface area (Å²) in [6, 6.07) is 7.50. The third-order valence-corrected chi connectivity index (χ3v) is 4.46. The number of fused-ring (bicyclic) bond motifs is 1. The van der Waals surface area contributed by atoms with Gasteiger partial charge in [-0.2, -0.15) is 0 Å². The first-order chi connectivity index (χ1) is 12.4. The van der Waals surface area contributed by atoms with E-state index < -0.39 is 0 Å². The lowest BCUT2D eigenvalue weighted by molar-refractivity contribution is -0.131. The molecule has 0 aliphatic heterocycles. The third-order valence-electron chi connectivity index (χ3n) is 4.46. The molecule has 0 aliphatic rings. The summed E-state index contributed by atoms with van der Waals surface area (Å²) < 4.78 is 1.95. The number of hydrogen-bond donors (Lipinski definition) is 2. The highest BCUT2D eigenvalue weighted by Gasteiger charge is 2.12. The van der Waals surface area contributed by atoms with Crippen LogP contribution in [0, 0.1) is 5.92 Å². The lowest BCUT2D eigenvalue weighted by Gasteiger charge is -2.19. The molecule has 1 heterocycles. The number of likely N-dealkylation sites (N-methyl/N-ethyl adjacent to an activating group) is 1. The highest BCUT2D eigenvalue weighted by Crippen LogP contribution is 2.21. The van der Waals surface area contributed by atoms with Gasteiger partial charge in [0, 0.05) is 42.4 Å². The largest absolute Gasteiger partial charge is 0.342 e. The Bertz CT molecular complexity index is 747. The summed E-state index contributed by atoms with van der Waals surface area (Å²) in [5.41, 5.74) is 1.73. The molecule has 2 N–H and O–H groups in total. The van der Waals surface area contributed by atoms with Gasteiger partial charge in [-0.25, -0.2) is 4.79 Å². The van der Waals surface area contributed by atoms with Gasteiger partial charge in [0.05, 0.1) is 0 Å². The normalized spacial score (nSPS) is 11.0. The van der Waals surface area contributed by atoms with E-state index in [1.165, 1.54) is 0 Å². The Hall–Kier alpha value is -2.50. The average molecular weight is 358 g/mol. The Morgan fingerprint density at radius 3 is 2.54 bits per heavy atom. The van der Waals surface area contributed by atoms with Crippen molar-refractivity contribution in [3.05, 3.63) is 30.5 Å². The number of rotatable bonds is 8. The molecule has 26 heavy (non-hydrogen) atoms. The molecule has 0 atom stereocenters. The number of anilines is 1. The molecule has 142 valence electrons. The van der Waals surface area contributed by atoms with E-state index in [-0.39, 0.29) is 11.9 Å². The Labute approximate surface area is 155 Å². The smallest absolute Gasteiger partial charge is 0.319 e. The van der Waals surface area contributed by atoms with Crippen molar-refractivity contribution in [1.29, 1.82) is 0 Å². The van der Waals surface area contributed by atoms with Gasteiger partial charge in [0.15, 0.2) is 0 Å². The van der Waals surface area contributed by atoms with Gasteiger partial charge in [0.1, 0.15) is 6.54 Å². The van der Waals surface area contributed by atoms with E-state index in [9.17, 15) is 9.59 Å². The Morgan fingerprint density at radius 1 is 1.15 bits per heavy atom. The van der Waals surface area contributed by atoms with Crippen LogP contribution in [0.2, 0.25) is 0 Å². The van der Waals surface area contributed by atoms with Crippen LogP contribution in [0.15, 0.2) is 30.5 Å². The molecule has 1 aromatic heterocycles. The van der Waals surface area contributed by atoms with Crippen LogP contribution < -0.4 is 10.6 Å². The average Bonchev–Trinajstić information content (AvgIpc) is 2.97. The number of carbonyl (C=O) groups excluding carboxylic acids is 2. The van der Waals surface area contributed by atoms with Gasteiger partial charge in [-0.1, -0.05) is 13.8 Å². The van der Waals surface area contributed by atoms with E-state index in [1.54, 1.807) is 0 Å². The number of amides is 3. The second-order valence-corrected chi connectivity index (χ2v) is 6.85. The van der Waals surface area contributed by atoms with Crippen LogP contribution in [0.5, 0.6) is 0 Å². The number of nitrogens with one attached hydrogen (secondary N) is 2. The minimum Gasteiger partial charge on any atom is -0.342 e. The quantitative estimate of drug-likeness (QED) is 0.756. The van der Waals surface area contributed by atoms with Gasteiger partial charge in [-0.3, -0.25) is 4.79 Å². The second-order valence-electron chi connectivity index (χ2n) is 6.85. The maximum atomic E-state index is 12.3. The zero-order chi connectivity index (χ0) is 19.1. The summed E-state index contributed by atoms with van der Waals surface area (Å²) in [5.74, 6) is 0.671. The summed E-state index contributed by atoms with van der Waals surface area (Å²) in [4.78, 5) is 26.1. The monoisotopic (exact) mass is 358 g/mol. The fourth-order valence-corrected chi connectivity index (χ4v) is 2.89. The number of hydrogen-bond acceptors (Lipinski definition) is 2. The first-order valence-electron chi connectivity index (χ1n) is 9.36. The lowest BCUT2D eigenvalue weighted by atomic mass is 10.1. The van der Waals surface area contributed by atoms with Gasteiger partial charge in [-0.05, 0) is 50.5 Å². The first-order valence-corrected chi connectivity index (χ1v) is 9.36. The van der Waals surface area contributed by atoms with Crippen molar-refractivity contribution in [2.24, 2.45) is 5.92 Å². The maximum absolute atomic E-state index is 12.3. The number of benzene rings is 1. The Morgan fingerprint density at radius 2 is 1.88 bits per heavy atom. The minimum absolute atomic E-state index is 0.110. The summed E-state index contributed by atoms with van der Waals surface area (Å²) in [5, 5.41) is 6.72. The van der Waals surface area contributed by atoms with Gasteiger partial charge >= 0.3 is 6.03 Å². The number of urea groups is 1. The van der Waals surface area contributed by atoms with E-state index >= 15 is 0 Å². The predicted octanol–water partition coefficient (Wildman–Crippen LogP) is 3.68. The van der Waals surface area contributed by atoms with Crippen LogP contribution in [0.3, 0.4) is 0 Å². The molecule has 0 unspecified atom stereocenters. The number of aromatic nitrogens is 1. The predicted molar refractivity (Wildman–Crippen MR) is 106 cm³/mol. The highest BCUT2D eigenvalue weighted by atomic mass is 16.2. The second kappa shape index (κ2) is 9.27. The van der Waals surface area contributed by atoms with Crippen LogP contribution in [-0.2, 0) is 11.3 Å². The summed E-state index contributed by atoms with van der Waals surface area (Å²) >= 11 is 0. The molecular weight excluding hydrogens is 328 g/mol. The van der Waals surface area contributed by atoms with Crippen molar-refractivity contribution in [2.75, 3.05) is 25.0 Å².